The molecule has 0 bridgehead atoms. The van der Waals surface area contributed by atoms with Gasteiger partial charge in [0.2, 0.25) is 0 Å². The van der Waals surface area contributed by atoms with Crippen LogP contribution in [0.3, 0.4) is 0 Å². The van der Waals surface area contributed by atoms with Gasteiger partial charge in [0.25, 0.3) is 0 Å². The summed E-state index contributed by atoms with van der Waals surface area (Å²) in [6.07, 6.45) is 0. The van der Waals surface area contributed by atoms with E-state index in [1.165, 1.54) is 0 Å². The average molecular weight is 219 g/mol. The second-order valence-corrected chi connectivity index (χ2v) is 0.408. The molecule has 0 unspecified atom stereocenters. The Bertz CT molecular complexity index is 12.5. The van der Waals surface area contributed by atoms with Crippen LogP contribution in [0.25, 0.3) is 6.15 Å². The zero-order valence-corrected chi connectivity index (χ0v) is 9.71. The van der Waals surface area contributed by atoms with Gasteiger partial charge in [-0.3, -0.25) is 0 Å². The van der Waals surface area contributed by atoms with Crippen LogP contribution in [-0.2, 0) is 18.6 Å². The van der Waals surface area contributed by atoms with Crippen molar-refractivity contribution in [2.75, 3.05) is 6.54 Å². The number of hydrogen-bond acceptors (Lipinski definition) is 1. The summed E-state index contributed by atoms with van der Waals surface area (Å²) in [6.45, 7) is 10.7. The van der Waals surface area contributed by atoms with Crippen molar-refractivity contribution in [3.05, 3.63) is 13.6 Å². The standard InChI is InChI=1S/C2H7N.2C2H6.2CH4.CH3.H2N.V/c1-2-3;2*1-2;;;;;/h2-3H2,1H3;2*1-2H3;2*1H4;1H3;1H2;/q;;;;;2*-1;+2. The van der Waals surface area contributed by atoms with Crippen molar-refractivity contribution in [1.29, 1.82) is 0 Å². The number of hydrogen-bond donors (Lipinski definition) is 1. The van der Waals surface area contributed by atoms with E-state index in [0.29, 0.717) is 0 Å². The molecule has 12 heavy (non-hydrogen) atoms. The third kappa shape index (κ3) is 3730. The molecule has 0 spiro atoms. The summed E-state index contributed by atoms with van der Waals surface area (Å²) in [5.41, 5.74) is 4.85. The first-order valence-corrected chi connectivity index (χ1v) is 3.12. The Labute approximate surface area is 94.2 Å². The fourth-order valence-corrected chi connectivity index (χ4v) is 0. The third-order valence-corrected chi connectivity index (χ3v) is 0. The van der Waals surface area contributed by atoms with Gasteiger partial charge in [-0.15, -0.1) is 0 Å². The van der Waals surface area contributed by atoms with Gasteiger partial charge in [0.05, 0.1) is 0 Å². The van der Waals surface area contributed by atoms with Gasteiger partial charge in [-0.2, -0.15) is 0 Å². The van der Waals surface area contributed by atoms with Crippen molar-refractivity contribution in [2.24, 2.45) is 5.73 Å². The van der Waals surface area contributed by atoms with Crippen LogP contribution in [0.15, 0.2) is 0 Å². The summed E-state index contributed by atoms with van der Waals surface area (Å²) in [5, 5.41) is 0. The molecule has 2 nitrogen and oxygen atoms in total. The van der Waals surface area contributed by atoms with E-state index in [1.807, 2.05) is 34.6 Å². The minimum absolute atomic E-state index is 0. The van der Waals surface area contributed by atoms with E-state index in [1.54, 1.807) is 0 Å². The van der Waals surface area contributed by atoms with Crippen LogP contribution >= 0.6 is 0 Å². The van der Waals surface area contributed by atoms with Crippen molar-refractivity contribution in [3.8, 4) is 0 Å². The van der Waals surface area contributed by atoms with Crippen molar-refractivity contribution in [2.45, 2.75) is 49.5 Å². The molecular formula is C9H32N2V. The zero-order valence-electron chi connectivity index (χ0n) is 8.31. The van der Waals surface area contributed by atoms with Crippen LogP contribution in [0.4, 0.5) is 0 Å². The first-order chi connectivity index (χ1) is 3.41. The van der Waals surface area contributed by atoms with Gasteiger partial charge in [0, 0.05) is 0 Å². The molecule has 0 saturated heterocycles. The molecule has 0 amide bonds. The Morgan fingerprint density at radius 2 is 0.917 bits per heavy atom. The van der Waals surface area contributed by atoms with Gasteiger partial charge < -0.3 is 19.3 Å². The molecule has 0 aromatic heterocycles. The maximum absolute atomic E-state index is 4.85. The van der Waals surface area contributed by atoms with E-state index in [2.05, 4.69) is 0 Å². The molecule has 0 fully saturated rings. The Morgan fingerprint density at radius 3 is 0.917 bits per heavy atom. The summed E-state index contributed by atoms with van der Waals surface area (Å²) in [4.78, 5) is 0. The van der Waals surface area contributed by atoms with Crippen LogP contribution < -0.4 is 5.73 Å². The monoisotopic (exact) mass is 219 g/mol. The molecule has 83 valence electrons. The van der Waals surface area contributed by atoms with Gasteiger partial charge in [-0.05, 0) is 6.54 Å². The molecule has 0 rings (SSSR count). The third-order valence-electron chi connectivity index (χ3n) is 0. The summed E-state index contributed by atoms with van der Waals surface area (Å²) >= 11 is 0. The number of nitrogens with two attached hydrogens (primary N) is 2. The Kier molecular flexibility index (Phi) is 3810. The minimum Gasteiger partial charge on any atom is -0.693 e. The second-order valence-electron chi connectivity index (χ2n) is 0.408. The summed E-state index contributed by atoms with van der Waals surface area (Å²) in [6, 6.07) is 0. The van der Waals surface area contributed by atoms with Gasteiger partial charge in [0.1, 0.15) is 0 Å². The van der Waals surface area contributed by atoms with Crippen LogP contribution in [0.2, 0.25) is 0 Å². The Hall–Kier alpha value is 0.504. The first kappa shape index (κ1) is 81.6. The maximum Gasteiger partial charge on any atom is 2.00 e. The van der Waals surface area contributed by atoms with Gasteiger partial charge in [-0.1, -0.05) is 49.5 Å². The summed E-state index contributed by atoms with van der Waals surface area (Å²) in [7, 11) is 0. The fourth-order valence-electron chi connectivity index (χ4n) is 0. The zero-order chi connectivity index (χ0) is 6.71. The van der Waals surface area contributed by atoms with E-state index >= 15 is 0 Å². The van der Waals surface area contributed by atoms with Crippen molar-refractivity contribution >= 4 is 0 Å². The maximum atomic E-state index is 4.85. The SMILES string of the molecule is C.C.CC.CC.CCN.[CH3-].[NH2-].[V+2]. The molecule has 0 atom stereocenters. The normalized spacial score (nSPS) is 2.50. The molecule has 0 aliphatic rings. The molecule has 0 aromatic carbocycles. The minimum atomic E-state index is 0. The Balaban J connectivity index is -0.00000000281. The van der Waals surface area contributed by atoms with Crippen LogP contribution in [0.5, 0.6) is 0 Å². The van der Waals surface area contributed by atoms with Crippen LogP contribution in [0, 0.1) is 7.43 Å². The molecule has 0 heterocycles. The molecule has 4 N–H and O–H groups in total. The van der Waals surface area contributed by atoms with Crippen LogP contribution in [0.1, 0.15) is 49.5 Å². The van der Waals surface area contributed by atoms with E-state index in [4.69, 9.17) is 5.73 Å². The largest absolute Gasteiger partial charge is 2.00 e. The topological polar surface area (TPSA) is 59.5 Å². The second kappa shape index (κ2) is 561. The predicted molar refractivity (Wildman–Crippen MR) is 62.6 cm³/mol. The molecule has 0 saturated carbocycles. The number of rotatable bonds is 0. The molecule has 1 radical (unpaired) electrons. The fraction of sp³-hybridized carbons (Fsp3) is 0.889. The smallest absolute Gasteiger partial charge is 0.693 e. The van der Waals surface area contributed by atoms with E-state index < -0.39 is 0 Å². The Morgan fingerprint density at radius 1 is 0.917 bits per heavy atom. The first-order valence-electron chi connectivity index (χ1n) is 3.12. The average Bonchev–Trinajstić information content (AvgIpc) is 1.78. The van der Waals surface area contributed by atoms with Crippen molar-refractivity contribution < 1.29 is 18.6 Å². The van der Waals surface area contributed by atoms with E-state index in [0.717, 1.165) is 6.54 Å². The van der Waals surface area contributed by atoms with E-state index in [9.17, 15) is 0 Å². The van der Waals surface area contributed by atoms with E-state index in [-0.39, 0.29) is 47.0 Å². The van der Waals surface area contributed by atoms with Gasteiger partial charge in [-0.25, -0.2) is 0 Å². The quantitative estimate of drug-likeness (QED) is 0.601. The van der Waals surface area contributed by atoms with Crippen molar-refractivity contribution in [3.63, 3.8) is 0 Å². The van der Waals surface area contributed by atoms with Gasteiger partial charge >= 0.3 is 18.6 Å². The summed E-state index contributed by atoms with van der Waals surface area (Å²) in [5.74, 6) is 0. The molecular weight excluding hydrogens is 187 g/mol. The van der Waals surface area contributed by atoms with Gasteiger partial charge in [0.15, 0.2) is 0 Å². The van der Waals surface area contributed by atoms with Crippen LogP contribution in [-0.4, -0.2) is 6.54 Å². The molecule has 3 heteroatoms. The van der Waals surface area contributed by atoms with Crippen molar-refractivity contribution in [1.82, 2.24) is 0 Å². The molecule has 0 aliphatic carbocycles. The predicted octanol–water partition coefficient (Wildman–Crippen LogP) is 4.45. The summed E-state index contributed by atoms with van der Waals surface area (Å²) < 4.78 is 0. The molecule has 0 aliphatic heterocycles. The molecule has 0 aromatic rings.